The lowest BCUT2D eigenvalue weighted by molar-refractivity contribution is -0.870. The molecule has 0 aliphatic carbocycles. The Morgan fingerprint density at radius 3 is 0.904 bits per heavy atom. The summed E-state index contributed by atoms with van der Waals surface area (Å²) in [7, 11) is 1.18. The van der Waals surface area contributed by atoms with Crippen molar-refractivity contribution in [1.82, 2.24) is 0 Å². The molecule has 0 aromatic carbocycles. The molecule has 9 nitrogen and oxygen atoms in total. The lowest BCUT2D eigenvalue weighted by atomic mass is 10.0. The highest BCUT2D eigenvalue weighted by Gasteiger charge is 2.22. The van der Waals surface area contributed by atoms with Gasteiger partial charge in [0.05, 0.1) is 27.7 Å². The Kier molecular flexibility index (Phi) is 72.2. The molecule has 0 heterocycles. The van der Waals surface area contributed by atoms with Crippen molar-refractivity contribution in [3.63, 3.8) is 0 Å². The number of carbonyl (C=O) groups is 2. The first kappa shape index (κ1) is 91.2. The Hall–Kier alpha value is -2.81. The van der Waals surface area contributed by atoms with Gasteiger partial charge in [0.15, 0.2) is 6.10 Å². The van der Waals surface area contributed by atoms with E-state index < -0.39 is 26.5 Å². The van der Waals surface area contributed by atoms with Crippen molar-refractivity contribution in [2.24, 2.45) is 0 Å². The van der Waals surface area contributed by atoms with Gasteiger partial charge in [-0.1, -0.05) is 369 Å². The number of likely N-dealkylation sites (N-methyl/N-ethyl adjacent to an activating group) is 1. The second kappa shape index (κ2) is 74.4. The van der Waals surface area contributed by atoms with Crippen LogP contribution in [-0.4, -0.2) is 70.0 Å². The maximum absolute atomic E-state index is 12.9. The number of allylic oxidation sites excluding steroid dienone is 14. The van der Waals surface area contributed by atoms with E-state index in [-0.39, 0.29) is 32.0 Å². The van der Waals surface area contributed by atoms with Crippen molar-refractivity contribution < 1.29 is 42.1 Å². The van der Waals surface area contributed by atoms with Crippen molar-refractivity contribution >= 4 is 19.8 Å². The summed E-state index contributed by atoms with van der Waals surface area (Å²) in [5.41, 5.74) is 0. The van der Waals surface area contributed by atoms with E-state index in [2.05, 4.69) is 98.9 Å². The molecule has 94 heavy (non-hydrogen) atoms. The second-order valence-corrected chi connectivity index (χ2v) is 29.8. The van der Waals surface area contributed by atoms with Crippen LogP contribution < -0.4 is 4.89 Å². The molecule has 0 aliphatic heterocycles. The van der Waals surface area contributed by atoms with Gasteiger partial charge in [0, 0.05) is 12.8 Å². The smallest absolute Gasteiger partial charge is 0.306 e. The number of hydrogen-bond donors (Lipinski definition) is 0. The summed E-state index contributed by atoms with van der Waals surface area (Å²) >= 11 is 0. The summed E-state index contributed by atoms with van der Waals surface area (Å²) in [6.45, 7) is 4.18. The summed E-state index contributed by atoms with van der Waals surface area (Å²) in [6, 6.07) is 0. The molecule has 0 aliphatic rings. The zero-order chi connectivity index (χ0) is 68.3. The SMILES string of the molecule is CC/C=C\C/C=C\C/C=C\C/C=C\C/C=C\CCCCCCCCCCCCCCCCCCCCCCCC(=O)OC(COC(=O)CCCCCCCCCCCCCCCCCCCCCCC/C=C\C/C=C\CCCCCCC)COP(=O)([O-])OCC[N+](C)(C)C. The van der Waals surface area contributed by atoms with Gasteiger partial charge in [-0.15, -0.1) is 0 Å². The van der Waals surface area contributed by atoms with E-state index in [1.165, 1.54) is 283 Å². The van der Waals surface area contributed by atoms with Gasteiger partial charge in [-0.25, -0.2) is 0 Å². The van der Waals surface area contributed by atoms with Gasteiger partial charge in [-0.2, -0.15) is 0 Å². The summed E-state index contributed by atoms with van der Waals surface area (Å²) in [4.78, 5) is 38.2. The Bertz CT molecular complexity index is 1860. The van der Waals surface area contributed by atoms with E-state index in [1.807, 2.05) is 21.1 Å². The quantitative estimate of drug-likeness (QED) is 0.0195. The highest BCUT2D eigenvalue weighted by Crippen LogP contribution is 2.38. The predicted molar refractivity (Wildman–Crippen MR) is 406 cm³/mol. The number of rotatable bonds is 75. The molecule has 2 unspecified atom stereocenters. The van der Waals surface area contributed by atoms with E-state index in [1.54, 1.807) is 0 Å². The first-order valence-corrected chi connectivity index (χ1v) is 41.8. The van der Waals surface area contributed by atoms with E-state index in [0.29, 0.717) is 17.4 Å². The summed E-state index contributed by atoms with van der Waals surface area (Å²) in [5.74, 6) is -0.813. The molecule has 0 fully saturated rings. The maximum atomic E-state index is 12.9. The van der Waals surface area contributed by atoms with E-state index >= 15 is 0 Å². The molecule has 0 rings (SSSR count). The average molecular weight is 1340 g/mol. The van der Waals surface area contributed by atoms with Gasteiger partial charge in [0.1, 0.15) is 19.8 Å². The molecule has 0 amide bonds. The monoisotopic (exact) mass is 1340 g/mol. The number of phosphoric acid groups is 1. The minimum Gasteiger partial charge on any atom is -0.756 e. The van der Waals surface area contributed by atoms with Crippen molar-refractivity contribution in [2.45, 2.75) is 392 Å². The Balaban J connectivity index is 3.92. The molecule has 0 bridgehead atoms. The molecule has 0 aromatic heterocycles. The number of hydrogen-bond acceptors (Lipinski definition) is 8. The molecule has 0 aromatic rings. The van der Waals surface area contributed by atoms with Crippen LogP contribution in [0.15, 0.2) is 85.1 Å². The Morgan fingerprint density at radius 2 is 0.606 bits per heavy atom. The highest BCUT2D eigenvalue weighted by atomic mass is 31.2. The van der Waals surface area contributed by atoms with Gasteiger partial charge in [-0.3, -0.25) is 14.2 Å². The number of carbonyl (C=O) groups excluding carboxylic acids is 2. The number of quaternary nitrogens is 1. The molecule has 0 N–H and O–H groups in total. The largest absolute Gasteiger partial charge is 0.756 e. The Morgan fingerprint density at radius 1 is 0.340 bits per heavy atom. The van der Waals surface area contributed by atoms with Crippen LogP contribution in [0.3, 0.4) is 0 Å². The molecule has 10 heteroatoms. The van der Waals surface area contributed by atoms with Crippen molar-refractivity contribution in [2.75, 3.05) is 47.5 Å². The van der Waals surface area contributed by atoms with Crippen molar-refractivity contribution in [1.29, 1.82) is 0 Å². The summed E-state index contributed by atoms with van der Waals surface area (Å²) in [5, 5.41) is 0. The van der Waals surface area contributed by atoms with Crippen LogP contribution in [0.1, 0.15) is 386 Å². The predicted octanol–water partition coefficient (Wildman–Crippen LogP) is 26.2. The average Bonchev–Trinajstić information content (AvgIpc) is 1.56. The second-order valence-electron chi connectivity index (χ2n) is 28.4. The van der Waals surface area contributed by atoms with Gasteiger partial charge in [0.2, 0.25) is 0 Å². The van der Waals surface area contributed by atoms with Crippen LogP contribution in [0.4, 0.5) is 0 Å². The number of unbranched alkanes of at least 4 members (excludes halogenated alkanes) is 47. The van der Waals surface area contributed by atoms with Crippen LogP contribution in [-0.2, 0) is 32.7 Å². The number of nitrogens with zero attached hydrogens (tertiary/aromatic N) is 1. The molecule has 0 radical (unpaired) electrons. The third kappa shape index (κ3) is 78.2. The van der Waals surface area contributed by atoms with Gasteiger partial charge in [-0.05, 0) is 89.9 Å². The number of ether oxygens (including phenoxy) is 2. The molecule has 548 valence electrons. The third-order valence-corrected chi connectivity index (χ3v) is 18.9. The maximum Gasteiger partial charge on any atom is 0.306 e. The first-order chi connectivity index (χ1) is 46.0. The highest BCUT2D eigenvalue weighted by molar-refractivity contribution is 7.45. The van der Waals surface area contributed by atoms with Crippen LogP contribution in [0.5, 0.6) is 0 Å². The molecule has 0 saturated heterocycles. The topological polar surface area (TPSA) is 111 Å². The third-order valence-electron chi connectivity index (χ3n) is 17.9. The van der Waals surface area contributed by atoms with Crippen molar-refractivity contribution in [3.8, 4) is 0 Å². The summed E-state index contributed by atoms with van der Waals surface area (Å²) < 4.78 is 34.4. The number of esters is 2. The molecular weight excluding hydrogens is 1180 g/mol. The fraction of sp³-hybridized carbons (Fsp3) is 0.810. The van der Waals surface area contributed by atoms with Gasteiger partial charge >= 0.3 is 11.9 Å². The zero-order valence-corrected chi connectivity index (χ0v) is 63.6. The lowest BCUT2D eigenvalue weighted by Gasteiger charge is -2.28. The van der Waals surface area contributed by atoms with Gasteiger partial charge < -0.3 is 27.9 Å². The molecular formula is C84H154NO8P. The van der Waals surface area contributed by atoms with Crippen LogP contribution in [0.2, 0.25) is 0 Å². The fourth-order valence-corrected chi connectivity index (χ4v) is 12.5. The zero-order valence-electron chi connectivity index (χ0n) is 62.7. The van der Waals surface area contributed by atoms with Gasteiger partial charge in [0.25, 0.3) is 7.82 Å². The molecule has 0 spiro atoms. The number of phosphoric ester groups is 1. The van der Waals surface area contributed by atoms with E-state index in [9.17, 15) is 19.0 Å². The summed E-state index contributed by atoms with van der Waals surface area (Å²) in [6.07, 6.45) is 103. The van der Waals surface area contributed by atoms with E-state index in [4.69, 9.17) is 18.5 Å². The normalized spacial score (nSPS) is 13.5. The fourth-order valence-electron chi connectivity index (χ4n) is 11.8. The van der Waals surface area contributed by atoms with Crippen molar-refractivity contribution in [3.05, 3.63) is 85.1 Å². The first-order valence-electron chi connectivity index (χ1n) is 40.3. The molecule has 2 atom stereocenters. The van der Waals surface area contributed by atoms with E-state index in [0.717, 1.165) is 70.6 Å². The minimum absolute atomic E-state index is 0.0297. The minimum atomic E-state index is -4.65. The lowest BCUT2D eigenvalue weighted by Crippen LogP contribution is -2.37. The van der Waals surface area contributed by atoms with Crippen LogP contribution in [0, 0.1) is 0 Å². The van der Waals surface area contributed by atoms with Crippen LogP contribution in [0.25, 0.3) is 0 Å². The molecule has 0 saturated carbocycles. The standard InChI is InChI=1S/C84H154NO8P/c1-6-8-10-12-14-16-18-20-22-24-26-28-30-32-34-36-38-40-41-42-43-45-47-49-51-53-55-57-59-61-63-65-67-69-71-73-75-77-84(87)93-82(81-92-94(88,89)91-79-78-85(3,4)5)80-90-83(86)76-74-72-70-68-66-64-62-60-58-56-54-52-50-48-46-44-39-37-35-33-31-29-27-25-23-21-19-17-15-13-11-9-7-2/h8,10,14,16,19-22,25-28,32,34,82H,6-7,9,11-13,15,17-18,23-24,29-31,33,35-81H2,1-5H3/b10-8-,16-14-,21-19-,22-20-,27-25-,28-26-,34-32-. The van der Waals surface area contributed by atoms with Crippen LogP contribution >= 0.6 is 7.82 Å². The Labute approximate surface area is 583 Å².